The first-order valence-electron chi connectivity index (χ1n) is 9.14. The summed E-state index contributed by atoms with van der Waals surface area (Å²) in [6.45, 7) is 7.02. The molecule has 22 heavy (non-hydrogen) atoms. The molecule has 0 aromatic rings. The first kappa shape index (κ1) is 15.4. The first-order chi connectivity index (χ1) is 10.5. The summed E-state index contributed by atoms with van der Waals surface area (Å²) in [7, 11) is 0. The van der Waals surface area contributed by atoms with Crippen LogP contribution in [-0.4, -0.2) is 35.5 Å². The quantitative estimate of drug-likeness (QED) is 0.870. The molecule has 4 nitrogen and oxygen atoms in total. The van der Waals surface area contributed by atoms with Crippen LogP contribution in [0, 0.1) is 23.7 Å². The Labute approximate surface area is 133 Å². The average molecular weight is 310 g/mol. The molecule has 126 valence electrons. The number of aliphatic hydroxyl groups excluding tert-OH is 1. The molecule has 0 radical (unpaired) electrons. The number of hydrogen-bond donors (Lipinski definition) is 1. The lowest BCUT2D eigenvalue weighted by atomic mass is 9.56. The van der Waals surface area contributed by atoms with E-state index in [0.29, 0.717) is 23.7 Å². The van der Waals surface area contributed by atoms with Gasteiger partial charge in [-0.15, -0.1) is 0 Å². The molecule has 1 N–H and O–H groups in total. The molecule has 1 unspecified atom stereocenters. The molecule has 4 aliphatic rings. The molecule has 0 aromatic carbocycles. The van der Waals surface area contributed by atoms with Crippen LogP contribution in [-0.2, 0) is 14.2 Å². The van der Waals surface area contributed by atoms with Gasteiger partial charge < -0.3 is 19.3 Å². The normalized spacial score (nSPS) is 56.7. The van der Waals surface area contributed by atoms with Gasteiger partial charge in [-0.25, -0.2) is 0 Å². The smallest absolute Gasteiger partial charge is 0.190 e. The maximum Gasteiger partial charge on any atom is 0.190 e. The minimum absolute atomic E-state index is 0.188. The lowest BCUT2D eigenvalue weighted by Crippen LogP contribution is -2.66. The number of hydrogen-bond acceptors (Lipinski definition) is 4. The molecular weight excluding hydrogens is 280 g/mol. The molecule has 1 aliphatic carbocycles. The molecule has 1 saturated carbocycles. The number of aliphatic hydroxyl groups is 1. The number of fused-ring (bicyclic) bond motifs is 1. The van der Waals surface area contributed by atoms with Gasteiger partial charge in [0.15, 0.2) is 12.1 Å². The molecule has 2 bridgehead atoms. The Balaban J connectivity index is 1.68. The molecule has 3 saturated heterocycles. The zero-order chi connectivity index (χ0) is 15.5. The minimum Gasteiger partial charge on any atom is -0.396 e. The van der Waals surface area contributed by atoms with Gasteiger partial charge in [0.05, 0.1) is 6.10 Å². The summed E-state index contributed by atoms with van der Waals surface area (Å²) in [5.74, 6) is 1.80. The fourth-order valence-electron chi connectivity index (χ4n) is 5.87. The highest BCUT2D eigenvalue weighted by molar-refractivity contribution is 5.13. The maximum absolute atomic E-state index is 9.16. The molecular formula is C18H30O4. The number of rotatable bonds is 3. The predicted octanol–water partition coefficient (Wildman–Crippen LogP) is 3.08. The van der Waals surface area contributed by atoms with Crippen LogP contribution < -0.4 is 0 Å². The molecule has 1 spiro atoms. The summed E-state index contributed by atoms with van der Waals surface area (Å²) in [5, 5.41) is 9.16. The second-order valence-corrected chi connectivity index (χ2v) is 8.24. The third-order valence-electron chi connectivity index (χ3n) is 6.97. The van der Waals surface area contributed by atoms with E-state index < -0.39 is 5.79 Å². The summed E-state index contributed by atoms with van der Waals surface area (Å²) in [6.07, 6.45) is 6.38. The van der Waals surface area contributed by atoms with Crippen molar-refractivity contribution in [1.82, 2.24) is 0 Å². The van der Waals surface area contributed by atoms with E-state index in [9.17, 15) is 0 Å². The van der Waals surface area contributed by atoms with E-state index in [2.05, 4.69) is 20.8 Å². The summed E-state index contributed by atoms with van der Waals surface area (Å²) in [6, 6.07) is 0. The van der Waals surface area contributed by atoms with Crippen molar-refractivity contribution in [1.29, 1.82) is 0 Å². The van der Waals surface area contributed by atoms with E-state index in [0.717, 1.165) is 19.3 Å². The fraction of sp³-hybridized carbons (Fsp3) is 1.00. The fourth-order valence-corrected chi connectivity index (χ4v) is 5.87. The van der Waals surface area contributed by atoms with Gasteiger partial charge in [-0.3, -0.25) is 0 Å². The predicted molar refractivity (Wildman–Crippen MR) is 82.1 cm³/mol. The Morgan fingerprint density at radius 3 is 2.73 bits per heavy atom. The van der Waals surface area contributed by atoms with E-state index in [4.69, 9.17) is 19.3 Å². The van der Waals surface area contributed by atoms with Gasteiger partial charge in [-0.1, -0.05) is 13.8 Å². The van der Waals surface area contributed by atoms with Crippen molar-refractivity contribution < 1.29 is 19.3 Å². The highest BCUT2D eigenvalue weighted by atomic mass is 16.8. The molecule has 0 amide bonds. The summed E-state index contributed by atoms with van der Waals surface area (Å²) < 4.78 is 19.4. The summed E-state index contributed by atoms with van der Waals surface area (Å²) in [5.41, 5.74) is -0.222. The molecule has 3 aliphatic heterocycles. The van der Waals surface area contributed by atoms with Crippen LogP contribution in [0.5, 0.6) is 0 Å². The Morgan fingerprint density at radius 1 is 1.14 bits per heavy atom. The first-order valence-corrected chi connectivity index (χ1v) is 9.14. The molecule has 4 fully saturated rings. The van der Waals surface area contributed by atoms with Gasteiger partial charge in [0, 0.05) is 13.0 Å². The molecule has 4 heteroatoms. The van der Waals surface area contributed by atoms with E-state index in [1.807, 2.05) is 0 Å². The second-order valence-electron chi connectivity index (χ2n) is 8.24. The molecule has 0 aromatic heterocycles. The van der Waals surface area contributed by atoms with Crippen LogP contribution in [0.4, 0.5) is 0 Å². The van der Waals surface area contributed by atoms with Crippen molar-refractivity contribution in [3.63, 3.8) is 0 Å². The minimum atomic E-state index is -0.456. The van der Waals surface area contributed by atoms with Crippen molar-refractivity contribution in [2.24, 2.45) is 23.7 Å². The van der Waals surface area contributed by atoms with Gasteiger partial charge in [0.2, 0.25) is 0 Å². The number of ether oxygens (including phenoxy) is 3. The SMILES string of the molecule is C[C@H]1[C@@H](CCCO)O[C@@H]2OC3(C)CC[C@H]4[C@H](C)CC[C@@H]1[C@@]24O3. The standard InChI is InChI=1S/C18H30O4/c1-11-6-7-14-12(2)15(5-4-10-19)20-16-18(14)13(11)8-9-17(3,21-16)22-18/h11-16,19H,4-10H2,1-3H3/t11-,12-,13+,14+,15-,16-,17?,18-/m1/s1. The van der Waals surface area contributed by atoms with Gasteiger partial charge >= 0.3 is 0 Å². The lowest BCUT2D eigenvalue weighted by molar-refractivity contribution is -0.289. The lowest BCUT2D eigenvalue weighted by Gasteiger charge is -2.58. The maximum atomic E-state index is 9.16. The van der Waals surface area contributed by atoms with Gasteiger partial charge in [-0.2, -0.15) is 0 Å². The zero-order valence-electron chi connectivity index (χ0n) is 14.1. The van der Waals surface area contributed by atoms with E-state index in [1.54, 1.807) is 0 Å². The summed E-state index contributed by atoms with van der Waals surface area (Å²) in [4.78, 5) is 0. The second kappa shape index (κ2) is 5.17. The van der Waals surface area contributed by atoms with Crippen LogP contribution in [0.15, 0.2) is 0 Å². The third kappa shape index (κ3) is 1.97. The van der Waals surface area contributed by atoms with E-state index in [1.165, 1.54) is 19.3 Å². The topological polar surface area (TPSA) is 47.9 Å². The van der Waals surface area contributed by atoms with Gasteiger partial charge in [0.1, 0.15) is 5.60 Å². The van der Waals surface area contributed by atoms with E-state index >= 15 is 0 Å². The van der Waals surface area contributed by atoms with Crippen LogP contribution in [0.25, 0.3) is 0 Å². The van der Waals surface area contributed by atoms with Crippen molar-refractivity contribution in [2.75, 3.05) is 6.61 Å². The molecule has 4 rings (SSSR count). The molecule has 3 heterocycles. The highest BCUT2D eigenvalue weighted by Crippen LogP contribution is 2.63. The van der Waals surface area contributed by atoms with Crippen LogP contribution >= 0.6 is 0 Å². The average Bonchev–Trinajstić information content (AvgIpc) is 2.70. The van der Waals surface area contributed by atoms with Crippen LogP contribution in [0.3, 0.4) is 0 Å². The monoisotopic (exact) mass is 310 g/mol. The zero-order valence-corrected chi connectivity index (χ0v) is 14.1. The van der Waals surface area contributed by atoms with Crippen molar-refractivity contribution in [3.05, 3.63) is 0 Å². The Bertz CT molecular complexity index is 441. The van der Waals surface area contributed by atoms with Gasteiger partial charge in [-0.05, 0) is 62.7 Å². The Kier molecular flexibility index (Phi) is 3.61. The molecule has 8 atom stereocenters. The van der Waals surface area contributed by atoms with Crippen molar-refractivity contribution >= 4 is 0 Å². The third-order valence-corrected chi connectivity index (χ3v) is 6.97. The Morgan fingerprint density at radius 2 is 1.95 bits per heavy atom. The van der Waals surface area contributed by atoms with Crippen LogP contribution in [0.2, 0.25) is 0 Å². The van der Waals surface area contributed by atoms with E-state index in [-0.39, 0.29) is 24.6 Å². The Hall–Kier alpha value is -0.160. The van der Waals surface area contributed by atoms with Crippen LogP contribution in [0.1, 0.15) is 59.3 Å². The van der Waals surface area contributed by atoms with Gasteiger partial charge in [0.25, 0.3) is 0 Å². The highest BCUT2D eigenvalue weighted by Gasteiger charge is 2.71. The summed E-state index contributed by atoms with van der Waals surface area (Å²) >= 11 is 0. The van der Waals surface area contributed by atoms with Crippen molar-refractivity contribution in [2.45, 2.75) is 83.1 Å². The largest absolute Gasteiger partial charge is 0.396 e. The van der Waals surface area contributed by atoms with Crippen molar-refractivity contribution in [3.8, 4) is 0 Å².